The van der Waals surface area contributed by atoms with Crippen LogP contribution < -0.4 is 0 Å². The van der Waals surface area contributed by atoms with Gasteiger partial charge in [0.1, 0.15) is 0 Å². The maximum absolute atomic E-state index is 10.3. The van der Waals surface area contributed by atoms with E-state index in [1.54, 1.807) is 0 Å². The summed E-state index contributed by atoms with van der Waals surface area (Å²) in [5.74, 6) is 2.27. The number of hydrogen-bond acceptors (Lipinski definition) is 2. The average molecular weight is 261 g/mol. The molecule has 19 heavy (non-hydrogen) atoms. The molecule has 1 N–H and O–H groups in total. The van der Waals surface area contributed by atoms with E-state index >= 15 is 0 Å². The van der Waals surface area contributed by atoms with Gasteiger partial charge in [0.15, 0.2) is 0 Å². The molecule has 0 spiro atoms. The standard InChI is InChI=1S/C17H27NO/c1-12(2)14-5-7-15(8-6-14)17(19)11-18(4)10-16-9-13(16)3/h5-8,12-13,16-17,19H,9-11H2,1-4H3. The number of hydrogen-bond donors (Lipinski definition) is 1. The summed E-state index contributed by atoms with van der Waals surface area (Å²) in [5, 5.41) is 10.3. The maximum Gasteiger partial charge on any atom is 0.0916 e. The maximum atomic E-state index is 10.3. The lowest BCUT2D eigenvalue weighted by atomic mass is 10.00. The van der Waals surface area contributed by atoms with Crippen molar-refractivity contribution in [1.82, 2.24) is 4.90 Å². The van der Waals surface area contributed by atoms with Crippen LogP contribution in [0.1, 0.15) is 50.3 Å². The molecule has 1 fully saturated rings. The van der Waals surface area contributed by atoms with Crippen LogP contribution in [-0.2, 0) is 0 Å². The van der Waals surface area contributed by atoms with E-state index in [0.717, 1.165) is 30.5 Å². The topological polar surface area (TPSA) is 23.5 Å². The Hall–Kier alpha value is -0.860. The number of likely N-dealkylation sites (N-methyl/N-ethyl adjacent to an activating group) is 1. The van der Waals surface area contributed by atoms with Crippen molar-refractivity contribution in [1.29, 1.82) is 0 Å². The fourth-order valence-electron chi connectivity index (χ4n) is 2.63. The largest absolute Gasteiger partial charge is 0.387 e. The lowest BCUT2D eigenvalue weighted by Gasteiger charge is -2.21. The van der Waals surface area contributed by atoms with Crippen molar-refractivity contribution >= 4 is 0 Å². The minimum absolute atomic E-state index is 0.375. The normalized spacial score (nSPS) is 23.9. The van der Waals surface area contributed by atoms with Gasteiger partial charge >= 0.3 is 0 Å². The van der Waals surface area contributed by atoms with Gasteiger partial charge in [-0.15, -0.1) is 0 Å². The third kappa shape index (κ3) is 4.05. The van der Waals surface area contributed by atoms with E-state index in [0.29, 0.717) is 5.92 Å². The molecular formula is C17H27NO. The molecule has 2 heteroatoms. The number of nitrogens with zero attached hydrogens (tertiary/aromatic N) is 1. The Morgan fingerprint density at radius 2 is 1.74 bits per heavy atom. The molecule has 2 nitrogen and oxygen atoms in total. The van der Waals surface area contributed by atoms with E-state index in [2.05, 4.69) is 57.0 Å². The molecule has 1 aliphatic rings. The molecule has 0 radical (unpaired) electrons. The van der Waals surface area contributed by atoms with Crippen LogP contribution in [0.3, 0.4) is 0 Å². The Kier molecular flexibility index (Phi) is 4.64. The van der Waals surface area contributed by atoms with Crippen molar-refractivity contribution in [3.05, 3.63) is 35.4 Å². The van der Waals surface area contributed by atoms with Crippen LogP contribution in [0.25, 0.3) is 0 Å². The van der Waals surface area contributed by atoms with Gasteiger partial charge in [-0.1, -0.05) is 45.0 Å². The van der Waals surface area contributed by atoms with Crippen molar-refractivity contribution < 1.29 is 5.11 Å². The highest BCUT2D eigenvalue weighted by Crippen LogP contribution is 2.38. The second-order valence-corrected chi connectivity index (χ2v) is 6.53. The fourth-order valence-corrected chi connectivity index (χ4v) is 2.63. The van der Waals surface area contributed by atoms with E-state index in [-0.39, 0.29) is 6.10 Å². The zero-order chi connectivity index (χ0) is 14.0. The molecule has 0 aliphatic heterocycles. The van der Waals surface area contributed by atoms with E-state index in [1.165, 1.54) is 12.0 Å². The van der Waals surface area contributed by atoms with Crippen LogP contribution in [0.5, 0.6) is 0 Å². The molecule has 3 unspecified atom stereocenters. The van der Waals surface area contributed by atoms with Crippen LogP contribution in [0.4, 0.5) is 0 Å². The Morgan fingerprint density at radius 3 is 2.21 bits per heavy atom. The first kappa shape index (κ1) is 14.5. The second-order valence-electron chi connectivity index (χ2n) is 6.53. The third-order valence-electron chi connectivity index (χ3n) is 4.29. The van der Waals surface area contributed by atoms with Gasteiger partial charge in [-0.05, 0) is 42.3 Å². The smallest absolute Gasteiger partial charge is 0.0916 e. The Bertz CT molecular complexity index is 398. The highest BCUT2D eigenvalue weighted by molar-refractivity contribution is 5.26. The number of aliphatic hydroxyl groups excluding tert-OH is 1. The summed E-state index contributed by atoms with van der Waals surface area (Å²) in [6.07, 6.45) is 0.976. The van der Waals surface area contributed by atoms with Gasteiger partial charge < -0.3 is 10.0 Å². The molecule has 0 heterocycles. The van der Waals surface area contributed by atoms with Crippen molar-refractivity contribution in [2.75, 3.05) is 20.1 Å². The average Bonchev–Trinajstić information content (AvgIpc) is 3.04. The van der Waals surface area contributed by atoms with Crippen LogP contribution in [0.15, 0.2) is 24.3 Å². The molecule has 0 saturated heterocycles. The minimum atomic E-state index is -0.375. The summed E-state index contributed by atoms with van der Waals surface area (Å²) in [6, 6.07) is 8.39. The zero-order valence-corrected chi connectivity index (χ0v) is 12.6. The molecule has 1 saturated carbocycles. The SMILES string of the molecule is CC(C)c1ccc(C(O)CN(C)CC2CC2C)cc1. The van der Waals surface area contributed by atoms with Gasteiger partial charge in [0, 0.05) is 13.1 Å². The summed E-state index contributed by atoms with van der Waals surface area (Å²) in [5.41, 5.74) is 2.36. The first-order valence-electron chi connectivity index (χ1n) is 7.43. The highest BCUT2D eigenvalue weighted by atomic mass is 16.3. The Morgan fingerprint density at radius 1 is 1.21 bits per heavy atom. The quantitative estimate of drug-likeness (QED) is 0.848. The second kappa shape index (κ2) is 6.06. The molecule has 1 aromatic carbocycles. The van der Waals surface area contributed by atoms with Crippen LogP contribution in [0, 0.1) is 11.8 Å². The Balaban J connectivity index is 1.86. The first-order chi connectivity index (χ1) is 8.97. The first-order valence-corrected chi connectivity index (χ1v) is 7.43. The molecule has 3 atom stereocenters. The summed E-state index contributed by atoms with van der Waals surface area (Å²) in [7, 11) is 2.11. The van der Waals surface area contributed by atoms with Crippen molar-refractivity contribution in [3.63, 3.8) is 0 Å². The van der Waals surface area contributed by atoms with E-state index in [9.17, 15) is 5.11 Å². The molecule has 1 aromatic rings. The lowest BCUT2D eigenvalue weighted by Crippen LogP contribution is -2.27. The van der Waals surface area contributed by atoms with E-state index < -0.39 is 0 Å². The predicted octanol–water partition coefficient (Wildman–Crippen LogP) is 3.43. The van der Waals surface area contributed by atoms with Crippen molar-refractivity contribution in [2.24, 2.45) is 11.8 Å². The highest BCUT2D eigenvalue weighted by Gasteiger charge is 2.33. The van der Waals surface area contributed by atoms with E-state index in [1.807, 2.05) is 0 Å². The van der Waals surface area contributed by atoms with Gasteiger partial charge in [0.2, 0.25) is 0 Å². The van der Waals surface area contributed by atoms with E-state index in [4.69, 9.17) is 0 Å². The number of aliphatic hydroxyl groups is 1. The van der Waals surface area contributed by atoms with Crippen molar-refractivity contribution in [2.45, 2.75) is 39.2 Å². The van der Waals surface area contributed by atoms with Gasteiger partial charge in [-0.3, -0.25) is 0 Å². The Labute approximate surface area is 117 Å². The van der Waals surface area contributed by atoms with Gasteiger partial charge in [-0.2, -0.15) is 0 Å². The molecule has 2 rings (SSSR count). The summed E-state index contributed by atoms with van der Waals surface area (Å²) in [6.45, 7) is 8.53. The van der Waals surface area contributed by atoms with Gasteiger partial charge in [-0.25, -0.2) is 0 Å². The van der Waals surface area contributed by atoms with Gasteiger partial charge in [0.25, 0.3) is 0 Å². The van der Waals surface area contributed by atoms with Crippen LogP contribution >= 0.6 is 0 Å². The summed E-state index contributed by atoms with van der Waals surface area (Å²) >= 11 is 0. The number of rotatable bonds is 6. The molecule has 0 amide bonds. The lowest BCUT2D eigenvalue weighted by molar-refractivity contribution is 0.124. The molecule has 0 bridgehead atoms. The van der Waals surface area contributed by atoms with Gasteiger partial charge in [0.05, 0.1) is 6.10 Å². The molecule has 0 aromatic heterocycles. The van der Waals surface area contributed by atoms with Crippen LogP contribution in [0.2, 0.25) is 0 Å². The molecular weight excluding hydrogens is 234 g/mol. The summed E-state index contributed by atoms with van der Waals surface area (Å²) in [4.78, 5) is 2.26. The van der Waals surface area contributed by atoms with Crippen molar-refractivity contribution in [3.8, 4) is 0 Å². The monoisotopic (exact) mass is 261 g/mol. The minimum Gasteiger partial charge on any atom is -0.387 e. The van der Waals surface area contributed by atoms with Crippen LogP contribution in [-0.4, -0.2) is 30.1 Å². The predicted molar refractivity (Wildman–Crippen MR) is 80.3 cm³/mol. The zero-order valence-electron chi connectivity index (χ0n) is 12.6. The summed E-state index contributed by atoms with van der Waals surface area (Å²) < 4.78 is 0. The molecule has 1 aliphatic carbocycles. The fraction of sp³-hybridized carbons (Fsp3) is 0.647. The number of benzene rings is 1. The molecule has 106 valence electrons. The third-order valence-corrected chi connectivity index (χ3v) is 4.29.